The Morgan fingerprint density at radius 1 is 1.31 bits per heavy atom. The molecule has 0 saturated heterocycles. The standard InChI is InChI=1S/C10H8F2N4/c11-10(12)3-9(10)16-8(1-2-15-16)7-4-13-6-14-5-7/h1-2,4-6,9H,3H2. The third-order valence-electron chi connectivity index (χ3n) is 2.61. The summed E-state index contributed by atoms with van der Waals surface area (Å²) in [6.45, 7) is 0. The molecule has 1 unspecified atom stereocenters. The van der Waals surface area contributed by atoms with Crippen molar-refractivity contribution < 1.29 is 8.78 Å². The van der Waals surface area contributed by atoms with Crippen LogP contribution < -0.4 is 0 Å². The molecule has 6 heteroatoms. The van der Waals surface area contributed by atoms with Gasteiger partial charge >= 0.3 is 0 Å². The zero-order valence-corrected chi connectivity index (χ0v) is 8.22. The molecular formula is C10H8F2N4. The van der Waals surface area contributed by atoms with Crippen molar-refractivity contribution in [2.45, 2.75) is 18.4 Å². The molecule has 0 aromatic carbocycles. The van der Waals surface area contributed by atoms with Crippen LogP contribution in [-0.4, -0.2) is 25.7 Å². The van der Waals surface area contributed by atoms with E-state index in [2.05, 4.69) is 15.1 Å². The molecule has 82 valence electrons. The van der Waals surface area contributed by atoms with Crippen LogP contribution in [0, 0.1) is 0 Å². The summed E-state index contributed by atoms with van der Waals surface area (Å²) in [5, 5.41) is 3.93. The number of halogens is 2. The number of nitrogens with zero attached hydrogens (tertiary/aromatic N) is 4. The molecule has 1 saturated carbocycles. The highest BCUT2D eigenvalue weighted by Gasteiger charge is 2.59. The maximum atomic E-state index is 13.0. The van der Waals surface area contributed by atoms with Gasteiger partial charge in [0.15, 0.2) is 0 Å². The first-order valence-corrected chi connectivity index (χ1v) is 4.85. The molecule has 0 aliphatic heterocycles. The van der Waals surface area contributed by atoms with E-state index in [4.69, 9.17) is 0 Å². The molecule has 1 aliphatic rings. The smallest absolute Gasteiger partial charge is 0.255 e. The Labute approximate surface area is 90.0 Å². The van der Waals surface area contributed by atoms with Crippen molar-refractivity contribution in [2.24, 2.45) is 0 Å². The Balaban J connectivity index is 2.01. The third-order valence-corrected chi connectivity index (χ3v) is 2.61. The van der Waals surface area contributed by atoms with Crippen LogP contribution in [0.2, 0.25) is 0 Å². The summed E-state index contributed by atoms with van der Waals surface area (Å²) in [5.74, 6) is -2.63. The highest BCUT2D eigenvalue weighted by molar-refractivity contribution is 5.57. The number of alkyl halides is 2. The van der Waals surface area contributed by atoms with E-state index in [9.17, 15) is 8.78 Å². The lowest BCUT2D eigenvalue weighted by molar-refractivity contribution is 0.0987. The van der Waals surface area contributed by atoms with Crippen LogP contribution in [0.25, 0.3) is 11.3 Å². The van der Waals surface area contributed by atoms with Crippen molar-refractivity contribution in [3.05, 3.63) is 31.0 Å². The lowest BCUT2D eigenvalue weighted by atomic mass is 10.2. The monoisotopic (exact) mass is 222 g/mol. The fraction of sp³-hybridized carbons (Fsp3) is 0.300. The van der Waals surface area contributed by atoms with Gasteiger partial charge in [-0.2, -0.15) is 5.10 Å². The summed E-state index contributed by atoms with van der Waals surface area (Å²) in [5.41, 5.74) is 1.32. The zero-order valence-electron chi connectivity index (χ0n) is 8.22. The van der Waals surface area contributed by atoms with Gasteiger partial charge in [0.25, 0.3) is 5.92 Å². The summed E-state index contributed by atoms with van der Waals surface area (Å²) in [4.78, 5) is 7.72. The molecule has 4 nitrogen and oxygen atoms in total. The minimum Gasteiger partial charge on any atom is -0.255 e. The summed E-state index contributed by atoms with van der Waals surface area (Å²) < 4.78 is 27.3. The van der Waals surface area contributed by atoms with Crippen molar-refractivity contribution in [3.63, 3.8) is 0 Å². The van der Waals surface area contributed by atoms with Crippen LogP contribution in [0.4, 0.5) is 8.78 Å². The molecule has 1 atom stereocenters. The van der Waals surface area contributed by atoms with Gasteiger partial charge in [-0.05, 0) is 6.07 Å². The van der Waals surface area contributed by atoms with Crippen molar-refractivity contribution in [3.8, 4) is 11.3 Å². The van der Waals surface area contributed by atoms with E-state index in [1.54, 1.807) is 18.5 Å². The minimum absolute atomic E-state index is 0.143. The first kappa shape index (κ1) is 9.38. The van der Waals surface area contributed by atoms with Crippen LogP contribution >= 0.6 is 0 Å². The largest absolute Gasteiger partial charge is 0.272 e. The van der Waals surface area contributed by atoms with E-state index in [0.717, 1.165) is 0 Å². The molecule has 0 amide bonds. The van der Waals surface area contributed by atoms with Gasteiger partial charge in [0.1, 0.15) is 12.4 Å². The minimum atomic E-state index is -2.63. The molecule has 0 N–H and O–H groups in total. The number of rotatable bonds is 2. The van der Waals surface area contributed by atoms with Crippen molar-refractivity contribution in [1.82, 2.24) is 19.7 Å². The second-order valence-corrected chi connectivity index (χ2v) is 3.77. The fourth-order valence-corrected chi connectivity index (χ4v) is 1.69. The van der Waals surface area contributed by atoms with Gasteiger partial charge in [-0.3, -0.25) is 4.68 Å². The molecule has 2 aromatic heterocycles. The molecule has 3 rings (SSSR count). The number of aromatic nitrogens is 4. The average molecular weight is 222 g/mol. The molecule has 2 heterocycles. The molecule has 1 fully saturated rings. The summed E-state index contributed by atoms with van der Waals surface area (Å²) in [6, 6.07) is 0.866. The lowest BCUT2D eigenvalue weighted by Crippen LogP contribution is -2.05. The molecule has 16 heavy (non-hydrogen) atoms. The van der Waals surface area contributed by atoms with Crippen molar-refractivity contribution >= 4 is 0 Å². The molecule has 0 bridgehead atoms. The van der Waals surface area contributed by atoms with Gasteiger partial charge in [0, 0.05) is 30.6 Å². The fourth-order valence-electron chi connectivity index (χ4n) is 1.69. The van der Waals surface area contributed by atoms with E-state index in [-0.39, 0.29) is 6.42 Å². The van der Waals surface area contributed by atoms with Crippen molar-refractivity contribution in [1.29, 1.82) is 0 Å². The predicted octanol–water partition coefficient (Wildman–Crippen LogP) is 1.92. The van der Waals surface area contributed by atoms with E-state index < -0.39 is 12.0 Å². The maximum Gasteiger partial charge on any atom is 0.272 e. The molecule has 0 radical (unpaired) electrons. The second-order valence-electron chi connectivity index (χ2n) is 3.77. The maximum absolute atomic E-state index is 13.0. The first-order valence-electron chi connectivity index (χ1n) is 4.85. The third kappa shape index (κ3) is 1.37. The molecule has 0 spiro atoms. The van der Waals surface area contributed by atoms with Gasteiger partial charge in [-0.1, -0.05) is 0 Å². The lowest BCUT2D eigenvalue weighted by Gasteiger charge is -2.05. The van der Waals surface area contributed by atoms with Crippen LogP contribution in [0.3, 0.4) is 0 Å². The topological polar surface area (TPSA) is 43.6 Å². The highest BCUT2D eigenvalue weighted by atomic mass is 19.3. The quantitative estimate of drug-likeness (QED) is 0.779. The average Bonchev–Trinajstić information content (AvgIpc) is 2.75. The molecule has 2 aromatic rings. The summed E-state index contributed by atoms with van der Waals surface area (Å²) in [6.07, 6.45) is 5.93. The van der Waals surface area contributed by atoms with Crippen molar-refractivity contribution in [2.75, 3.05) is 0 Å². The first-order chi connectivity index (χ1) is 7.68. The Bertz CT molecular complexity index is 509. The van der Waals surface area contributed by atoms with Crippen LogP contribution in [-0.2, 0) is 0 Å². The van der Waals surface area contributed by atoms with Gasteiger partial charge in [-0.25, -0.2) is 18.7 Å². The van der Waals surface area contributed by atoms with Gasteiger partial charge < -0.3 is 0 Å². The predicted molar refractivity (Wildman–Crippen MR) is 51.9 cm³/mol. The van der Waals surface area contributed by atoms with E-state index in [1.165, 1.54) is 17.2 Å². The highest BCUT2D eigenvalue weighted by Crippen LogP contribution is 2.53. The van der Waals surface area contributed by atoms with E-state index in [0.29, 0.717) is 11.3 Å². The Morgan fingerprint density at radius 3 is 2.62 bits per heavy atom. The summed E-state index contributed by atoms with van der Waals surface area (Å²) >= 11 is 0. The van der Waals surface area contributed by atoms with Gasteiger partial charge in [0.2, 0.25) is 0 Å². The van der Waals surface area contributed by atoms with Gasteiger partial charge in [-0.15, -0.1) is 0 Å². The van der Waals surface area contributed by atoms with Crippen LogP contribution in [0.1, 0.15) is 12.5 Å². The normalized spacial score (nSPS) is 22.0. The Kier molecular flexibility index (Phi) is 1.80. The Hall–Kier alpha value is -1.85. The zero-order chi connectivity index (χ0) is 11.2. The number of hydrogen-bond donors (Lipinski definition) is 0. The van der Waals surface area contributed by atoms with Gasteiger partial charge in [0.05, 0.1) is 5.69 Å². The van der Waals surface area contributed by atoms with Crippen LogP contribution in [0.15, 0.2) is 31.0 Å². The van der Waals surface area contributed by atoms with Crippen LogP contribution in [0.5, 0.6) is 0 Å². The SMILES string of the molecule is FC1(F)CC1n1nccc1-c1cncnc1. The molecular weight excluding hydrogens is 214 g/mol. The number of hydrogen-bond acceptors (Lipinski definition) is 3. The van der Waals surface area contributed by atoms with E-state index in [1.807, 2.05) is 0 Å². The molecule has 1 aliphatic carbocycles. The Morgan fingerprint density at radius 2 is 2.00 bits per heavy atom. The van der Waals surface area contributed by atoms with E-state index >= 15 is 0 Å². The summed E-state index contributed by atoms with van der Waals surface area (Å²) in [7, 11) is 0. The second kappa shape index (κ2) is 3.07.